The number of rotatable bonds is 3. The van der Waals surface area contributed by atoms with Gasteiger partial charge in [-0.15, -0.1) is 0 Å². The lowest BCUT2D eigenvalue weighted by Crippen LogP contribution is -2.44. The van der Waals surface area contributed by atoms with E-state index in [4.69, 9.17) is 4.74 Å². The fraction of sp³-hybridized carbons (Fsp3) is 0.348. The summed E-state index contributed by atoms with van der Waals surface area (Å²) in [6, 6.07) is 13.6. The van der Waals surface area contributed by atoms with Crippen molar-refractivity contribution in [1.82, 2.24) is 0 Å². The van der Waals surface area contributed by atoms with E-state index in [1.807, 2.05) is 44.2 Å². The van der Waals surface area contributed by atoms with Crippen molar-refractivity contribution in [3.05, 3.63) is 65.7 Å². The second-order valence-corrected chi connectivity index (χ2v) is 10.3. The fourth-order valence-electron chi connectivity index (χ4n) is 3.51. The molecule has 1 heterocycles. The summed E-state index contributed by atoms with van der Waals surface area (Å²) in [7, 11) is -3.62. The highest BCUT2D eigenvalue weighted by atomic mass is 32.2. The van der Waals surface area contributed by atoms with Crippen molar-refractivity contribution >= 4 is 27.2 Å². The van der Waals surface area contributed by atoms with E-state index in [-0.39, 0.29) is 10.6 Å². The summed E-state index contributed by atoms with van der Waals surface area (Å²) in [5.41, 5.74) is 2.62. The molecule has 0 saturated heterocycles. The van der Waals surface area contributed by atoms with E-state index in [1.165, 1.54) is 4.90 Å². The standard InChI is InChI=1S/C23H27NO4S/c1-6-18-19-9-7-8-10-20(19)24(22(25)28-23(3,4)5)21(18)15-29(26,27)17-13-11-16(2)12-14-17/h6-14,21H,15H2,1-5H3/b18-6-. The maximum Gasteiger partial charge on any atom is 0.415 e. The van der Waals surface area contributed by atoms with Crippen LogP contribution in [0.5, 0.6) is 0 Å². The summed E-state index contributed by atoms with van der Waals surface area (Å²) in [5.74, 6) is -0.219. The van der Waals surface area contributed by atoms with Crippen molar-refractivity contribution in [2.75, 3.05) is 10.7 Å². The molecule has 6 heteroatoms. The lowest BCUT2D eigenvalue weighted by Gasteiger charge is -2.29. The molecule has 1 unspecified atom stereocenters. The molecular weight excluding hydrogens is 386 g/mol. The van der Waals surface area contributed by atoms with Gasteiger partial charge < -0.3 is 4.74 Å². The van der Waals surface area contributed by atoms with Crippen molar-refractivity contribution in [3.63, 3.8) is 0 Å². The topological polar surface area (TPSA) is 63.7 Å². The molecule has 0 aliphatic carbocycles. The Balaban J connectivity index is 2.04. The average Bonchev–Trinajstić information content (AvgIpc) is 2.93. The summed E-state index contributed by atoms with van der Waals surface area (Å²) < 4.78 is 31.9. The van der Waals surface area contributed by atoms with Gasteiger partial charge in [0.1, 0.15) is 5.60 Å². The molecule has 154 valence electrons. The van der Waals surface area contributed by atoms with Crippen LogP contribution in [0.2, 0.25) is 0 Å². The Kier molecular flexibility index (Phi) is 5.59. The van der Waals surface area contributed by atoms with Gasteiger partial charge in [0.05, 0.1) is 22.4 Å². The van der Waals surface area contributed by atoms with E-state index in [2.05, 4.69) is 0 Å². The number of carbonyl (C=O) groups is 1. The monoisotopic (exact) mass is 413 g/mol. The Bertz CT molecular complexity index is 1050. The van der Waals surface area contributed by atoms with Crippen molar-refractivity contribution < 1.29 is 17.9 Å². The van der Waals surface area contributed by atoms with Crippen LogP contribution in [0, 0.1) is 6.92 Å². The zero-order valence-corrected chi connectivity index (χ0v) is 18.3. The van der Waals surface area contributed by atoms with Gasteiger partial charge >= 0.3 is 6.09 Å². The number of para-hydroxylation sites is 1. The molecule has 0 aromatic heterocycles. The maximum absolute atomic E-state index is 13.2. The van der Waals surface area contributed by atoms with Crippen LogP contribution in [-0.4, -0.2) is 31.9 Å². The third-order valence-electron chi connectivity index (χ3n) is 4.80. The predicted octanol–water partition coefficient (Wildman–Crippen LogP) is 5.00. The number of hydrogen-bond donors (Lipinski definition) is 0. The highest BCUT2D eigenvalue weighted by Crippen LogP contribution is 2.42. The van der Waals surface area contributed by atoms with Crippen LogP contribution in [0.25, 0.3) is 5.57 Å². The third kappa shape index (κ3) is 4.37. The predicted molar refractivity (Wildman–Crippen MR) is 116 cm³/mol. The second-order valence-electron chi connectivity index (χ2n) is 8.22. The summed E-state index contributed by atoms with van der Waals surface area (Å²) in [6.45, 7) is 9.15. The molecule has 0 fully saturated rings. The first-order chi connectivity index (χ1) is 13.5. The number of ether oxygens (including phenoxy) is 1. The fourth-order valence-corrected chi connectivity index (χ4v) is 5.00. The second kappa shape index (κ2) is 7.67. The van der Waals surface area contributed by atoms with Crippen LogP contribution >= 0.6 is 0 Å². The first-order valence-electron chi connectivity index (χ1n) is 9.61. The number of hydrogen-bond acceptors (Lipinski definition) is 4. The Morgan fingerprint density at radius 3 is 2.31 bits per heavy atom. The van der Waals surface area contributed by atoms with E-state index in [1.54, 1.807) is 45.0 Å². The number of nitrogens with zero attached hydrogens (tertiary/aromatic N) is 1. The van der Waals surface area contributed by atoms with E-state index >= 15 is 0 Å². The lowest BCUT2D eigenvalue weighted by atomic mass is 10.0. The minimum absolute atomic E-state index is 0.219. The Hall–Kier alpha value is -2.60. The largest absolute Gasteiger partial charge is 0.443 e. The van der Waals surface area contributed by atoms with Crippen LogP contribution in [-0.2, 0) is 14.6 Å². The van der Waals surface area contributed by atoms with Crippen LogP contribution < -0.4 is 4.90 Å². The molecule has 1 atom stereocenters. The van der Waals surface area contributed by atoms with Crippen LogP contribution in [0.1, 0.15) is 38.8 Å². The number of fused-ring (bicyclic) bond motifs is 1. The zero-order chi connectivity index (χ0) is 21.4. The molecule has 1 aliphatic heterocycles. The highest BCUT2D eigenvalue weighted by Gasteiger charge is 2.41. The summed E-state index contributed by atoms with van der Waals surface area (Å²) in [4.78, 5) is 14.8. The maximum atomic E-state index is 13.2. The van der Waals surface area contributed by atoms with Gasteiger partial charge in [0.2, 0.25) is 0 Å². The Morgan fingerprint density at radius 1 is 1.10 bits per heavy atom. The molecule has 2 aromatic rings. The smallest absolute Gasteiger partial charge is 0.415 e. The Morgan fingerprint density at radius 2 is 1.72 bits per heavy atom. The molecule has 0 N–H and O–H groups in total. The normalized spacial score (nSPS) is 18.0. The van der Waals surface area contributed by atoms with E-state index in [0.717, 1.165) is 16.7 Å². The molecule has 0 radical (unpaired) electrons. The van der Waals surface area contributed by atoms with Gasteiger partial charge in [0.25, 0.3) is 0 Å². The summed E-state index contributed by atoms with van der Waals surface area (Å²) >= 11 is 0. The van der Waals surface area contributed by atoms with Crippen LogP contribution in [0.15, 0.2) is 59.5 Å². The van der Waals surface area contributed by atoms with Gasteiger partial charge in [0.15, 0.2) is 9.84 Å². The zero-order valence-electron chi connectivity index (χ0n) is 17.5. The number of anilines is 1. The van der Waals surface area contributed by atoms with Gasteiger partial charge in [-0.3, -0.25) is 4.90 Å². The molecule has 0 bridgehead atoms. The minimum atomic E-state index is -3.62. The molecule has 0 spiro atoms. The van der Waals surface area contributed by atoms with E-state index in [9.17, 15) is 13.2 Å². The van der Waals surface area contributed by atoms with Crippen LogP contribution in [0.4, 0.5) is 10.5 Å². The van der Waals surface area contributed by atoms with Gasteiger partial charge in [-0.25, -0.2) is 13.2 Å². The molecule has 0 saturated carbocycles. The lowest BCUT2D eigenvalue weighted by molar-refractivity contribution is 0.0577. The molecular formula is C23H27NO4S. The highest BCUT2D eigenvalue weighted by molar-refractivity contribution is 7.91. The number of amides is 1. The van der Waals surface area contributed by atoms with Crippen molar-refractivity contribution in [1.29, 1.82) is 0 Å². The van der Waals surface area contributed by atoms with Crippen molar-refractivity contribution in [2.45, 2.75) is 51.2 Å². The molecule has 5 nitrogen and oxygen atoms in total. The van der Waals surface area contributed by atoms with Crippen LogP contribution in [0.3, 0.4) is 0 Å². The van der Waals surface area contributed by atoms with Gasteiger partial charge in [0, 0.05) is 5.56 Å². The number of aryl methyl sites for hydroxylation is 1. The number of sulfone groups is 1. The quantitative estimate of drug-likeness (QED) is 0.711. The SMILES string of the molecule is C/C=C1/c2ccccc2N(C(=O)OC(C)(C)C)C1CS(=O)(=O)c1ccc(C)cc1. The molecule has 2 aromatic carbocycles. The van der Waals surface area contributed by atoms with Gasteiger partial charge in [-0.1, -0.05) is 42.0 Å². The number of carbonyl (C=O) groups excluding carboxylic acids is 1. The molecule has 3 rings (SSSR count). The minimum Gasteiger partial charge on any atom is -0.443 e. The van der Waals surface area contributed by atoms with Crippen molar-refractivity contribution in [2.24, 2.45) is 0 Å². The summed E-state index contributed by atoms with van der Waals surface area (Å²) in [6.07, 6.45) is 1.32. The van der Waals surface area contributed by atoms with Gasteiger partial charge in [-0.2, -0.15) is 0 Å². The number of allylic oxidation sites excluding steroid dienone is 1. The average molecular weight is 414 g/mol. The molecule has 29 heavy (non-hydrogen) atoms. The summed E-state index contributed by atoms with van der Waals surface area (Å²) in [5, 5.41) is 0. The van der Waals surface area contributed by atoms with E-state index < -0.39 is 27.6 Å². The Labute approximate surface area is 172 Å². The van der Waals surface area contributed by atoms with Crippen molar-refractivity contribution in [3.8, 4) is 0 Å². The third-order valence-corrected chi connectivity index (χ3v) is 6.55. The molecule has 1 amide bonds. The number of benzene rings is 2. The van der Waals surface area contributed by atoms with Gasteiger partial charge in [-0.05, 0) is 58.4 Å². The molecule has 1 aliphatic rings. The van der Waals surface area contributed by atoms with E-state index in [0.29, 0.717) is 5.69 Å². The first-order valence-corrected chi connectivity index (χ1v) is 11.3. The first kappa shape index (κ1) is 21.1.